The van der Waals surface area contributed by atoms with Crippen molar-refractivity contribution in [2.75, 3.05) is 0 Å². The SMILES string of the molecule is Cc1nn(Cc2ccn(C)n2)c(C)c1C(C)Cl. The number of nitrogens with zero attached hydrogens (tertiary/aromatic N) is 4. The summed E-state index contributed by atoms with van der Waals surface area (Å²) in [6.45, 7) is 6.72. The third kappa shape index (κ3) is 2.36. The summed E-state index contributed by atoms with van der Waals surface area (Å²) in [6.07, 6.45) is 1.94. The number of hydrogen-bond donors (Lipinski definition) is 0. The number of alkyl halides is 1. The lowest BCUT2D eigenvalue weighted by atomic mass is 10.1. The number of rotatable bonds is 3. The lowest BCUT2D eigenvalue weighted by Crippen LogP contribution is -2.05. The Bertz CT molecular complexity index is 525. The highest BCUT2D eigenvalue weighted by Crippen LogP contribution is 2.26. The first-order chi connectivity index (χ1) is 7.99. The van der Waals surface area contributed by atoms with Crippen LogP contribution in [-0.4, -0.2) is 19.6 Å². The van der Waals surface area contributed by atoms with Crippen molar-refractivity contribution in [3.05, 3.63) is 34.9 Å². The lowest BCUT2D eigenvalue weighted by molar-refractivity contribution is 0.629. The molecule has 2 rings (SSSR count). The van der Waals surface area contributed by atoms with Crippen LogP contribution in [0.15, 0.2) is 12.3 Å². The molecule has 2 aromatic heterocycles. The molecule has 0 bridgehead atoms. The van der Waals surface area contributed by atoms with Crippen molar-refractivity contribution in [1.29, 1.82) is 0 Å². The van der Waals surface area contributed by atoms with Gasteiger partial charge in [0.05, 0.1) is 23.3 Å². The highest BCUT2D eigenvalue weighted by atomic mass is 35.5. The van der Waals surface area contributed by atoms with Crippen molar-refractivity contribution in [3.8, 4) is 0 Å². The van der Waals surface area contributed by atoms with Crippen molar-refractivity contribution in [1.82, 2.24) is 19.6 Å². The van der Waals surface area contributed by atoms with Gasteiger partial charge >= 0.3 is 0 Å². The highest BCUT2D eigenvalue weighted by molar-refractivity contribution is 6.20. The fourth-order valence-corrected chi connectivity index (χ4v) is 2.46. The van der Waals surface area contributed by atoms with Crippen molar-refractivity contribution in [3.63, 3.8) is 0 Å². The van der Waals surface area contributed by atoms with Gasteiger partial charge in [-0.05, 0) is 26.8 Å². The van der Waals surface area contributed by atoms with Gasteiger partial charge < -0.3 is 0 Å². The Balaban J connectivity index is 2.31. The maximum absolute atomic E-state index is 6.16. The molecule has 5 heteroatoms. The van der Waals surface area contributed by atoms with E-state index >= 15 is 0 Å². The number of halogens is 1. The lowest BCUT2D eigenvalue weighted by Gasteiger charge is -2.05. The quantitative estimate of drug-likeness (QED) is 0.787. The van der Waals surface area contributed by atoms with Crippen molar-refractivity contribution in [2.45, 2.75) is 32.7 Å². The van der Waals surface area contributed by atoms with Crippen LogP contribution in [-0.2, 0) is 13.6 Å². The Kier molecular flexibility index (Phi) is 3.24. The molecule has 0 aliphatic carbocycles. The maximum atomic E-state index is 6.16. The van der Waals surface area contributed by atoms with E-state index in [2.05, 4.69) is 17.1 Å². The summed E-state index contributed by atoms with van der Waals surface area (Å²) in [6, 6.07) is 2.00. The molecule has 0 aliphatic rings. The second-order valence-electron chi connectivity index (χ2n) is 4.34. The van der Waals surface area contributed by atoms with Gasteiger partial charge in [0.15, 0.2) is 0 Å². The maximum Gasteiger partial charge on any atom is 0.0853 e. The van der Waals surface area contributed by atoms with E-state index < -0.39 is 0 Å². The van der Waals surface area contributed by atoms with E-state index in [9.17, 15) is 0 Å². The molecular weight excluding hydrogens is 236 g/mol. The zero-order chi connectivity index (χ0) is 12.6. The van der Waals surface area contributed by atoms with Crippen LogP contribution in [0.4, 0.5) is 0 Å². The van der Waals surface area contributed by atoms with Gasteiger partial charge in [0, 0.05) is 24.5 Å². The van der Waals surface area contributed by atoms with E-state index in [0.29, 0.717) is 6.54 Å². The van der Waals surface area contributed by atoms with Crippen LogP contribution >= 0.6 is 11.6 Å². The van der Waals surface area contributed by atoms with E-state index in [4.69, 9.17) is 11.6 Å². The summed E-state index contributed by atoms with van der Waals surface area (Å²) in [4.78, 5) is 0. The fraction of sp³-hybridized carbons (Fsp3) is 0.500. The zero-order valence-corrected chi connectivity index (χ0v) is 11.4. The summed E-state index contributed by atoms with van der Waals surface area (Å²) in [5.41, 5.74) is 4.26. The van der Waals surface area contributed by atoms with Gasteiger partial charge in [-0.25, -0.2) is 0 Å². The van der Waals surface area contributed by atoms with Gasteiger partial charge in [-0.1, -0.05) is 0 Å². The zero-order valence-electron chi connectivity index (χ0n) is 10.6. The summed E-state index contributed by atoms with van der Waals surface area (Å²) in [7, 11) is 1.91. The molecule has 0 fully saturated rings. The predicted molar refractivity (Wildman–Crippen MR) is 68.3 cm³/mol. The molecule has 0 radical (unpaired) electrons. The van der Waals surface area contributed by atoms with Crippen LogP contribution in [0.2, 0.25) is 0 Å². The molecule has 0 saturated heterocycles. The molecule has 0 aromatic carbocycles. The standard InChI is InChI=1S/C12H17ClN4/c1-8(13)12-9(2)14-17(10(12)3)7-11-5-6-16(4)15-11/h5-6,8H,7H2,1-4H3. The number of aromatic nitrogens is 4. The van der Waals surface area contributed by atoms with Crippen LogP contribution in [0.1, 0.15) is 34.9 Å². The first-order valence-electron chi connectivity index (χ1n) is 5.65. The van der Waals surface area contributed by atoms with Crippen LogP contribution in [0.5, 0.6) is 0 Å². The largest absolute Gasteiger partial charge is 0.275 e. The topological polar surface area (TPSA) is 35.6 Å². The molecule has 0 N–H and O–H groups in total. The van der Waals surface area contributed by atoms with E-state index in [1.165, 1.54) is 0 Å². The highest BCUT2D eigenvalue weighted by Gasteiger charge is 2.16. The van der Waals surface area contributed by atoms with Gasteiger partial charge in [0.1, 0.15) is 0 Å². The molecule has 1 atom stereocenters. The summed E-state index contributed by atoms with van der Waals surface area (Å²) >= 11 is 6.16. The Morgan fingerprint density at radius 1 is 1.35 bits per heavy atom. The van der Waals surface area contributed by atoms with E-state index in [1.807, 2.05) is 37.8 Å². The summed E-state index contributed by atoms with van der Waals surface area (Å²) in [5, 5.41) is 8.87. The molecule has 0 amide bonds. The molecule has 2 heterocycles. The Labute approximate surface area is 106 Å². The van der Waals surface area contributed by atoms with E-state index in [0.717, 1.165) is 22.6 Å². The molecular formula is C12H17ClN4. The Hall–Kier alpha value is -1.29. The third-order valence-electron chi connectivity index (χ3n) is 2.92. The Morgan fingerprint density at radius 3 is 2.53 bits per heavy atom. The fourth-order valence-electron chi connectivity index (χ4n) is 2.14. The first kappa shape index (κ1) is 12.2. The second kappa shape index (κ2) is 4.53. The summed E-state index contributed by atoms with van der Waals surface area (Å²) < 4.78 is 3.76. The van der Waals surface area contributed by atoms with Crippen LogP contribution < -0.4 is 0 Å². The van der Waals surface area contributed by atoms with Gasteiger partial charge in [0.2, 0.25) is 0 Å². The molecule has 4 nitrogen and oxygen atoms in total. The average molecular weight is 253 g/mol. The Morgan fingerprint density at radius 2 is 2.06 bits per heavy atom. The monoisotopic (exact) mass is 252 g/mol. The average Bonchev–Trinajstić information content (AvgIpc) is 2.73. The second-order valence-corrected chi connectivity index (χ2v) is 4.99. The first-order valence-corrected chi connectivity index (χ1v) is 6.09. The van der Waals surface area contributed by atoms with Gasteiger partial charge in [-0.15, -0.1) is 11.6 Å². The van der Waals surface area contributed by atoms with Gasteiger partial charge in [0.25, 0.3) is 0 Å². The van der Waals surface area contributed by atoms with E-state index in [1.54, 1.807) is 4.68 Å². The van der Waals surface area contributed by atoms with Gasteiger partial charge in [-0.2, -0.15) is 10.2 Å². The molecule has 17 heavy (non-hydrogen) atoms. The summed E-state index contributed by atoms with van der Waals surface area (Å²) in [5.74, 6) is 0. The minimum Gasteiger partial charge on any atom is -0.275 e. The predicted octanol–water partition coefficient (Wildman–Crippen LogP) is 2.58. The normalized spacial score (nSPS) is 13.0. The van der Waals surface area contributed by atoms with Crippen LogP contribution in [0.25, 0.3) is 0 Å². The minimum absolute atomic E-state index is 0.00696. The smallest absolute Gasteiger partial charge is 0.0853 e. The van der Waals surface area contributed by atoms with Crippen LogP contribution in [0.3, 0.4) is 0 Å². The van der Waals surface area contributed by atoms with Crippen molar-refractivity contribution in [2.24, 2.45) is 7.05 Å². The van der Waals surface area contributed by atoms with Gasteiger partial charge in [-0.3, -0.25) is 9.36 Å². The number of hydrogen-bond acceptors (Lipinski definition) is 2. The van der Waals surface area contributed by atoms with Crippen molar-refractivity contribution < 1.29 is 0 Å². The van der Waals surface area contributed by atoms with Crippen molar-refractivity contribution >= 4 is 11.6 Å². The van der Waals surface area contributed by atoms with Crippen LogP contribution in [0, 0.1) is 13.8 Å². The minimum atomic E-state index is -0.00696. The molecule has 0 aliphatic heterocycles. The number of aryl methyl sites for hydroxylation is 2. The molecule has 1 unspecified atom stereocenters. The van der Waals surface area contributed by atoms with E-state index in [-0.39, 0.29) is 5.38 Å². The molecule has 2 aromatic rings. The molecule has 0 spiro atoms. The third-order valence-corrected chi connectivity index (χ3v) is 3.13. The molecule has 0 saturated carbocycles. The molecule has 92 valence electrons.